The smallest absolute Gasteiger partial charge is 0.850 e. The van der Waals surface area contributed by atoms with E-state index in [1.807, 2.05) is 39.0 Å². The third-order valence-electron chi connectivity index (χ3n) is 6.49. The Morgan fingerprint density at radius 3 is 1.60 bits per heavy atom. The maximum Gasteiger partial charge on any atom is 1.00 e. The molecule has 1 heterocycles. The molecule has 0 aliphatic rings. The van der Waals surface area contributed by atoms with Crippen molar-refractivity contribution >= 4 is 30.0 Å². The molecule has 12 heteroatoms. The Labute approximate surface area is 363 Å². The number of aromatic nitrogens is 2. The van der Waals surface area contributed by atoms with Gasteiger partial charge in [0.05, 0.1) is 42.5 Å². The minimum absolute atomic E-state index is 0. The van der Waals surface area contributed by atoms with Gasteiger partial charge in [0.1, 0.15) is 11.6 Å². The van der Waals surface area contributed by atoms with E-state index in [1.54, 1.807) is 51.4 Å². The van der Waals surface area contributed by atoms with Gasteiger partial charge in [0, 0.05) is 25.5 Å². The molecule has 0 amide bonds. The van der Waals surface area contributed by atoms with Gasteiger partial charge in [-0.25, -0.2) is 4.68 Å². The van der Waals surface area contributed by atoms with Gasteiger partial charge in [0.2, 0.25) is 0 Å². The van der Waals surface area contributed by atoms with Crippen LogP contribution in [0.3, 0.4) is 0 Å². The van der Waals surface area contributed by atoms with Crippen LogP contribution in [0.25, 0.3) is 5.69 Å². The molecule has 0 spiro atoms. The first kappa shape index (κ1) is 58.7. The van der Waals surface area contributed by atoms with Crippen LogP contribution in [0.4, 0.5) is 5.82 Å². The number of Topliss-reactive ketones (excluding diaryl/α,β-unsaturated/α-hetero) is 1. The summed E-state index contributed by atoms with van der Waals surface area (Å²) < 4.78 is 6.45. The van der Waals surface area contributed by atoms with Gasteiger partial charge < -0.3 is 21.3 Å². The van der Waals surface area contributed by atoms with Crippen LogP contribution in [0, 0.1) is 48.3 Å². The van der Waals surface area contributed by atoms with Crippen LogP contribution in [0.5, 0.6) is 0 Å². The number of halogens is 1. The van der Waals surface area contributed by atoms with Crippen molar-refractivity contribution in [2.75, 3.05) is 12.3 Å². The number of nitrogens with two attached hydrogens (primary N) is 2. The van der Waals surface area contributed by atoms with Crippen molar-refractivity contribution in [3.63, 3.8) is 0 Å². The van der Waals surface area contributed by atoms with Crippen LogP contribution in [-0.2, 0) is 20.9 Å². The molecule has 52 heavy (non-hydrogen) atoms. The summed E-state index contributed by atoms with van der Waals surface area (Å²) in [6, 6.07) is 21.9. The quantitative estimate of drug-likeness (QED) is 0.231. The topological polar surface area (TPSA) is 184 Å². The van der Waals surface area contributed by atoms with Crippen LogP contribution in [0.15, 0.2) is 54.6 Å². The first-order chi connectivity index (χ1) is 23.2. The monoisotopic (exact) mass is 766 g/mol. The number of carbonyl (C=O) groups excluding carboxylic acids is 2. The van der Waals surface area contributed by atoms with Gasteiger partial charge in [-0.15, -0.1) is 18.0 Å². The van der Waals surface area contributed by atoms with E-state index in [2.05, 4.69) is 73.9 Å². The molecule has 0 aliphatic carbocycles. The van der Waals surface area contributed by atoms with E-state index < -0.39 is 5.60 Å². The molecule has 286 valence electrons. The van der Waals surface area contributed by atoms with E-state index in [1.165, 1.54) is 23.6 Å². The van der Waals surface area contributed by atoms with Gasteiger partial charge in [0.25, 0.3) is 0 Å². The molecule has 4 N–H and O–H groups in total. The predicted molar refractivity (Wildman–Crippen MR) is 210 cm³/mol. The Kier molecular flexibility index (Phi) is 38.6. The van der Waals surface area contributed by atoms with E-state index in [0.717, 1.165) is 11.4 Å². The number of hydrogen-bond donors (Lipinski definition) is 2. The normalized spacial score (nSPS) is 9.38. The number of hydrogen-bond acceptors (Lipinski definition) is 9. The molecule has 0 atom stereocenters. The summed E-state index contributed by atoms with van der Waals surface area (Å²) in [7, 11) is 0. The summed E-state index contributed by atoms with van der Waals surface area (Å²) in [5.74, 6) is 1.01. The molecule has 3 aromatic rings. The first-order valence-electron chi connectivity index (χ1n) is 17.0. The number of nitrogens with zero attached hydrogens (tertiary/aromatic N) is 4. The summed E-state index contributed by atoms with van der Waals surface area (Å²) >= 11 is 0. The zero-order valence-electron chi connectivity index (χ0n) is 34.2. The largest absolute Gasteiger partial charge is 1.00 e. The van der Waals surface area contributed by atoms with Gasteiger partial charge >= 0.3 is 57.4 Å². The van der Waals surface area contributed by atoms with Crippen molar-refractivity contribution in [2.45, 2.75) is 121 Å². The third-order valence-corrected chi connectivity index (χ3v) is 6.49. The molecule has 3 rings (SSSR count). The Balaban J connectivity index is -0.000000180. The minimum Gasteiger partial charge on any atom is -0.850 e. The summed E-state index contributed by atoms with van der Waals surface area (Å²) in [4.78, 5) is 21.0. The maximum absolute atomic E-state index is 10.5. The number of ether oxygens (including phenoxy) is 1. The number of esters is 1. The van der Waals surface area contributed by atoms with E-state index in [-0.39, 0.29) is 93.8 Å². The SMILES string of the molecule is CC#N.CC(C)C(=O)CC#N.CCC(C)(C)[O-].CCOC(=O)C(C)C.Cc1ccc(-n2nc(C(C)C)cc2N)cc1.Cc1ccc(CN)cc1.Cl.[K+]. The number of ketones is 1. The van der Waals surface area contributed by atoms with Crippen molar-refractivity contribution in [3.05, 3.63) is 77.0 Å². The summed E-state index contributed by atoms with van der Waals surface area (Å²) in [6.07, 6.45) is 0.769. The number of nitrogen functional groups attached to an aromatic ring is 1. The number of nitriles is 2. The van der Waals surface area contributed by atoms with Gasteiger partial charge in [0.15, 0.2) is 0 Å². The summed E-state index contributed by atoms with van der Waals surface area (Å²) in [6.45, 7) is 25.2. The van der Waals surface area contributed by atoms with Crippen LogP contribution in [-0.4, -0.2) is 33.7 Å². The molecule has 0 aliphatic heterocycles. The Morgan fingerprint density at radius 1 is 0.923 bits per heavy atom. The standard InChI is InChI=1S/C13H17N3.C8H11N.C6H9NO.C6H12O2.C5H11O.C2H3N.ClH.K/c1-9(2)12-8-13(14)16(15-12)11-6-4-10(3)5-7-11;1-7-2-4-8(6-9)5-3-7;1-5(2)6(8)3-4-7;1-4-8-6(7)5(2)3;1-4-5(2,3)6;1-2-3;;/h4-9H,14H2,1-3H3;2-5H,6,9H2,1H3;5H,3H2,1-2H3;5H,4H2,1-3H3;4H2,1-3H3;1H3;1H;/q;;;;-1;;;+1. The molecule has 0 bridgehead atoms. The number of rotatable bonds is 8. The molecule has 0 fully saturated rings. The van der Waals surface area contributed by atoms with Gasteiger partial charge in [-0.2, -0.15) is 15.6 Å². The molecule has 10 nitrogen and oxygen atoms in total. The van der Waals surface area contributed by atoms with Crippen molar-refractivity contribution in [2.24, 2.45) is 17.6 Å². The molecule has 2 aromatic carbocycles. The average molecular weight is 768 g/mol. The summed E-state index contributed by atoms with van der Waals surface area (Å²) in [5.41, 5.74) is 16.4. The molecule has 0 radical (unpaired) electrons. The van der Waals surface area contributed by atoms with E-state index in [0.29, 0.717) is 31.3 Å². The number of carbonyl (C=O) groups is 2. The van der Waals surface area contributed by atoms with Crippen molar-refractivity contribution < 1.29 is 70.8 Å². The van der Waals surface area contributed by atoms with E-state index >= 15 is 0 Å². The fourth-order valence-electron chi connectivity index (χ4n) is 2.90. The average Bonchev–Trinajstić information content (AvgIpc) is 3.45. The summed E-state index contributed by atoms with van der Waals surface area (Å²) in [5, 5.41) is 30.3. The molecular weight excluding hydrogens is 703 g/mol. The fourth-order valence-corrected chi connectivity index (χ4v) is 2.90. The van der Waals surface area contributed by atoms with Crippen molar-refractivity contribution in [1.29, 1.82) is 10.5 Å². The molecule has 1 aromatic heterocycles. The number of anilines is 1. The van der Waals surface area contributed by atoms with E-state index in [9.17, 15) is 14.7 Å². The third kappa shape index (κ3) is 32.1. The molecule has 0 unspecified atom stereocenters. The predicted octanol–water partition coefficient (Wildman–Crippen LogP) is 5.16. The maximum atomic E-state index is 10.5. The molecule has 0 saturated carbocycles. The zero-order chi connectivity index (χ0) is 39.4. The minimum atomic E-state index is -0.708. The first-order valence-corrected chi connectivity index (χ1v) is 17.0. The number of benzene rings is 2. The molecule has 0 saturated heterocycles. The van der Waals surface area contributed by atoms with Crippen molar-refractivity contribution in [3.8, 4) is 17.8 Å². The Hall–Kier alpha value is -2.58. The number of aryl methyl sites for hydroxylation is 2. The second-order valence-electron chi connectivity index (χ2n) is 12.8. The molecular formula is C40H64ClKN6O4. The van der Waals surface area contributed by atoms with Crippen LogP contribution in [0.1, 0.15) is 117 Å². The fraction of sp³-hybridized carbons (Fsp3) is 0.525. The van der Waals surface area contributed by atoms with Crippen LogP contribution >= 0.6 is 12.4 Å². The van der Waals surface area contributed by atoms with Gasteiger partial charge in [-0.05, 0) is 44.4 Å². The zero-order valence-corrected chi connectivity index (χ0v) is 38.2. The Morgan fingerprint density at radius 2 is 1.35 bits per heavy atom. The second kappa shape index (κ2) is 34.2. The van der Waals surface area contributed by atoms with Crippen molar-refractivity contribution in [1.82, 2.24) is 9.78 Å². The van der Waals surface area contributed by atoms with Gasteiger partial charge in [-0.1, -0.05) is 116 Å². The van der Waals surface area contributed by atoms with Gasteiger partial charge in [-0.3, -0.25) is 9.59 Å². The van der Waals surface area contributed by atoms with E-state index in [4.69, 9.17) is 22.0 Å². The Bertz CT molecular complexity index is 1420. The van der Waals surface area contributed by atoms with Crippen LogP contribution in [0.2, 0.25) is 0 Å². The second-order valence-corrected chi connectivity index (χ2v) is 12.8. The van der Waals surface area contributed by atoms with Crippen LogP contribution < -0.4 is 68.0 Å².